The van der Waals surface area contributed by atoms with Gasteiger partial charge in [-0.1, -0.05) is 12.1 Å². The lowest BCUT2D eigenvalue weighted by atomic mass is 9.75. The Bertz CT molecular complexity index is 787. The van der Waals surface area contributed by atoms with Gasteiger partial charge in [-0.3, -0.25) is 0 Å². The van der Waals surface area contributed by atoms with Gasteiger partial charge in [0.2, 0.25) is 0 Å². The molecule has 26 heavy (non-hydrogen) atoms. The van der Waals surface area contributed by atoms with Crippen molar-refractivity contribution in [2.45, 2.75) is 31.7 Å². The molecule has 1 aromatic carbocycles. The van der Waals surface area contributed by atoms with Crippen molar-refractivity contribution in [3.63, 3.8) is 0 Å². The van der Waals surface area contributed by atoms with Crippen molar-refractivity contribution in [3.8, 4) is 5.75 Å². The maximum absolute atomic E-state index is 10.5. The Balaban J connectivity index is 2.29. The molecule has 2 heterocycles. The van der Waals surface area contributed by atoms with E-state index in [0.717, 1.165) is 47.0 Å². The zero-order valence-corrected chi connectivity index (χ0v) is 16.5. The molecule has 6 heteroatoms. The fraction of sp³-hybridized carbons (Fsp3) is 0.550. The summed E-state index contributed by atoms with van der Waals surface area (Å²) in [5, 5.41) is 14.8. The smallest absolute Gasteiger partial charge is 0.139 e. The van der Waals surface area contributed by atoms with Crippen molar-refractivity contribution in [3.05, 3.63) is 40.8 Å². The Morgan fingerprint density at radius 1 is 1.38 bits per heavy atom. The molecule has 0 aliphatic carbocycles. The number of nitrogens with zero attached hydrogens (tertiary/aromatic N) is 3. The predicted octanol–water partition coefficient (Wildman–Crippen LogP) is 2.54. The van der Waals surface area contributed by atoms with E-state index in [1.165, 1.54) is 0 Å². The van der Waals surface area contributed by atoms with Crippen molar-refractivity contribution in [2.24, 2.45) is 0 Å². The number of aromatic nitrogens is 1. The fourth-order valence-corrected chi connectivity index (χ4v) is 4.53. The summed E-state index contributed by atoms with van der Waals surface area (Å²) in [6.45, 7) is 4.82. The highest BCUT2D eigenvalue weighted by Crippen LogP contribution is 2.54. The lowest BCUT2D eigenvalue weighted by Crippen LogP contribution is -2.52. The highest BCUT2D eigenvalue weighted by molar-refractivity contribution is 5.68. The number of aliphatic hydroxyl groups excluding tert-OH is 1. The first-order chi connectivity index (χ1) is 12.4. The van der Waals surface area contributed by atoms with Crippen LogP contribution in [0.2, 0.25) is 0 Å². The Hall–Kier alpha value is -2.05. The van der Waals surface area contributed by atoms with Gasteiger partial charge in [0.25, 0.3) is 0 Å². The van der Waals surface area contributed by atoms with E-state index >= 15 is 0 Å². The number of fused-ring (bicyclic) bond motifs is 1. The summed E-state index contributed by atoms with van der Waals surface area (Å²) >= 11 is 0. The molecule has 2 atom stereocenters. The highest BCUT2D eigenvalue weighted by Gasteiger charge is 2.54. The minimum absolute atomic E-state index is 0.0339. The number of hydrogen-bond donors (Lipinski definition) is 1. The number of aliphatic hydroxyl groups is 1. The third kappa shape index (κ3) is 2.59. The molecule has 0 spiro atoms. The number of hydrogen-bond acceptors (Lipinski definition) is 6. The molecule has 1 N–H and O–H groups in total. The van der Waals surface area contributed by atoms with Gasteiger partial charge in [-0.05, 0) is 51.2 Å². The van der Waals surface area contributed by atoms with Crippen LogP contribution in [0.5, 0.6) is 5.75 Å². The summed E-state index contributed by atoms with van der Waals surface area (Å²) in [6.07, 6.45) is 0.785. The van der Waals surface area contributed by atoms with Gasteiger partial charge >= 0.3 is 0 Å². The van der Waals surface area contributed by atoms with E-state index < -0.39 is 5.54 Å². The second-order valence-electron chi connectivity index (χ2n) is 7.29. The number of likely N-dealkylation sites (N-methyl/N-ethyl adjacent to an activating group) is 2. The minimum atomic E-state index is -0.456. The summed E-state index contributed by atoms with van der Waals surface area (Å²) in [6, 6.07) is 6.08. The van der Waals surface area contributed by atoms with Gasteiger partial charge in [0.1, 0.15) is 11.5 Å². The van der Waals surface area contributed by atoms with Crippen LogP contribution >= 0.6 is 0 Å². The Morgan fingerprint density at radius 3 is 2.69 bits per heavy atom. The number of methoxy groups -OCH3 is 1. The molecular formula is C20H29N3O3. The lowest BCUT2D eigenvalue weighted by molar-refractivity contribution is 0.177. The molecule has 142 valence electrons. The summed E-state index contributed by atoms with van der Waals surface area (Å²) in [7, 11) is 7.88. The molecule has 6 nitrogen and oxygen atoms in total. The summed E-state index contributed by atoms with van der Waals surface area (Å²) in [5.74, 6) is 1.51. The van der Waals surface area contributed by atoms with Gasteiger partial charge in [-0.2, -0.15) is 0 Å². The third-order valence-electron chi connectivity index (χ3n) is 5.59. The highest BCUT2D eigenvalue weighted by atomic mass is 16.5. The van der Waals surface area contributed by atoms with Crippen LogP contribution in [0.1, 0.15) is 35.4 Å². The van der Waals surface area contributed by atoms with Gasteiger partial charge in [0.05, 0.1) is 24.9 Å². The van der Waals surface area contributed by atoms with Crippen LogP contribution in [0, 0.1) is 6.92 Å². The van der Waals surface area contributed by atoms with E-state index in [0.29, 0.717) is 0 Å². The van der Waals surface area contributed by atoms with Crippen LogP contribution in [-0.2, 0) is 12.0 Å². The van der Waals surface area contributed by atoms with Crippen LogP contribution < -0.4 is 9.64 Å². The molecule has 0 radical (unpaired) electrons. The first-order valence-electron chi connectivity index (χ1n) is 9.03. The van der Waals surface area contributed by atoms with Crippen LogP contribution in [0.4, 0.5) is 5.69 Å². The van der Waals surface area contributed by atoms with Crippen molar-refractivity contribution < 1.29 is 14.4 Å². The van der Waals surface area contributed by atoms with Crippen LogP contribution in [-0.4, -0.2) is 56.6 Å². The number of benzene rings is 1. The second-order valence-corrected chi connectivity index (χ2v) is 7.29. The molecule has 0 saturated heterocycles. The van der Waals surface area contributed by atoms with Gasteiger partial charge in [-0.25, -0.2) is 0 Å². The molecule has 0 fully saturated rings. The molecular weight excluding hydrogens is 330 g/mol. The molecule has 1 aromatic heterocycles. The average molecular weight is 359 g/mol. The number of aryl methyl sites for hydroxylation is 2. The Kier molecular flexibility index (Phi) is 4.99. The van der Waals surface area contributed by atoms with Crippen molar-refractivity contribution >= 4 is 5.69 Å². The van der Waals surface area contributed by atoms with E-state index in [1.54, 1.807) is 7.11 Å². The third-order valence-corrected chi connectivity index (χ3v) is 5.59. The minimum Gasteiger partial charge on any atom is -0.497 e. The number of ether oxygens (including phenoxy) is 1. The first-order valence-corrected chi connectivity index (χ1v) is 9.03. The van der Waals surface area contributed by atoms with Gasteiger partial charge in [0.15, 0.2) is 0 Å². The summed E-state index contributed by atoms with van der Waals surface area (Å²) < 4.78 is 11.0. The quantitative estimate of drug-likeness (QED) is 0.855. The average Bonchev–Trinajstić information content (AvgIpc) is 3.10. The molecule has 2 unspecified atom stereocenters. The normalized spacial score (nSPS) is 22.2. The molecule has 3 rings (SSSR count). The van der Waals surface area contributed by atoms with E-state index in [1.807, 2.05) is 19.1 Å². The topological polar surface area (TPSA) is 62.0 Å². The molecule has 0 bridgehead atoms. The molecule has 2 aromatic rings. The number of rotatable bonds is 6. The lowest BCUT2D eigenvalue weighted by Gasteiger charge is -2.43. The summed E-state index contributed by atoms with van der Waals surface area (Å²) in [4.78, 5) is 4.44. The van der Waals surface area contributed by atoms with Crippen molar-refractivity contribution in [1.82, 2.24) is 10.1 Å². The van der Waals surface area contributed by atoms with E-state index in [9.17, 15) is 5.11 Å². The van der Waals surface area contributed by atoms with E-state index in [4.69, 9.17) is 9.26 Å². The molecule has 0 saturated carbocycles. The van der Waals surface area contributed by atoms with Crippen molar-refractivity contribution in [1.29, 1.82) is 0 Å². The fourth-order valence-electron chi connectivity index (χ4n) is 4.53. The zero-order chi connectivity index (χ0) is 19.1. The molecule has 1 aliphatic heterocycles. The second kappa shape index (κ2) is 6.93. The molecule has 0 amide bonds. The van der Waals surface area contributed by atoms with Crippen molar-refractivity contribution in [2.75, 3.05) is 46.3 Å². The first kappa shape index (κ1) is 18.7. The SMILES string of the molecule is CCc1noc(C)c1C1(CN(C)C)C(CO)c2cc(OC)ccc2N1C. The molecule has 1 aliphatic rings. The maximum atomic E-state index is 10.5. The largest absolute Gasteiger partial charge is 0.497 e. The zero-order valence-electron chi connectivity index (χ0n) is 16.5. The maximum Gasteiger partial charge on any atom is 0.139 e. The van der Waals surface area contributed by atoms with E-state index in [2.05, 4.69) is 49.1 Å². The van der Waals surface area contributed by atoms with Crippen LogP contribution in [0.25, 0.3) is 0 Å². The van der Waals surface area contributed by atoms with Gasteiger partial charge < -0.3 is 24.2 Å². The van der Waals surface area contributed by atoms with Gasteiger partial charge in [-0.15, -0.1) is 0 Å². The van der Waals surface area contributed by atoms with E-state index in [-0.39, 0.29) is 12.5 Å². The van der Waals surface area contributed by atoms with Crippen LogP contribution in [0.3, 0.4) is 0 Å². The van der Waals surface area contributed by atoms with Gasteiger partial charge in [0, 0.05) is 30.8 Å². The standard InChI is InChI=1S/C20H29N3O3/c1-7-17-19(13(2)26-21-17)20(12-22(3)4)16(11-24)15-10-14(25-6)8-9-18(15)23(20)5/h8-10,16,24H,7,11-12H2,1-6H3. The summed E-state index contributed by atoms with van der Waals surface area (Å²) in [5.41, 5.74) is 3.79. The number of anilines is 1. The Labute approximate surface area is 155 Å². The van der Waals surface area contributed by atoms with Crippen LogP contribution in [0.15, 0.2) is 22.7 Å². The Morgan fingerprint density at radius 2 is 2.12 bits per heavy atom. The monoisotopic (exact) mass is 359 g/mol. The predicted molar refractivity (Wildman–Crippen MR) is 102 cm³/mol.